The molecule has 5 heteroatoms. The van der Waals surface area contributed by atoms with E-state index in [1.807, 2.05) is 6.92 Å². The van der Waals surface area contributed by atoms with Crippen LogP contribution >= 0.6 is 0 Å². The van der Waals surface area contributed by atoms with Gasteiger partial charge < -0.3 is 10.4 Å². The summed E-state index contributed by atoms with van der Waals surface area (Å²) < 4.78 is 1.64. The Balaban J connectivity index is 1.77. The maximum atomic E-state index is 11.8. The number of hydrogen-bond donors (Lipinski definition) is 2. The van der Waals surface area contributed by atoms with E-state index in [1.54, 1.807) is 23.1 Å². The van der Waals surface area contributed by atoms with Crippen molar-refractivity contribution in [2.75, 3.05) is 6.54 Å². The van der Waals surface area contributed by atoms with Crippen molar-refractivity contribution >= 4 is 5.91 Å². The topological polar surface area (TPSA) is 67.2 Å². The SMILES string of the molecule is CC(C(=O)NCC1CCC(O)C1)n1cccn1. The predicted molar refractivity (Wildman–Crippen MR) is 63.3 cm³/mol. The second-order valence-electron chi connectivity index (χ2n) is 4.74. The van der Waals surface area contributed by atoms with Crippen LogP contribution in [0, 0.1) is 5.92 Å². The number of rotatable bonds is 4. The molecule has 2 N–H and O–H groups in total. The Morgan fingerprint density at radius 2 is 2.47 bits per heavy atom. The standard InChI is InChI=1S/C12H19N3O2/c1-9(15-6-2-5-14-15)12(17)13-8-10-3-4-11(16)7-10/h2,5-6,9-11,16H,3-4,7-8H2,1H3,(H,13,17). The van der Waals surface area contributed by atoms with Crippen LogP contribution in [0.1, 0.15) is 32.2 Å². The average Bonchev–Trinajstić information content (AvgIpc) is 2.95. The zero-order valence-corrected chi connectivity index (χ0v) is 10.0. The van der Waals surface area contributed by atoms with Crippen LogP contribution in [0.25, 0.3) is 0 Å². The lowest BCUT2D eigenvalue weighted by Gasteiger charge is -2.15. The molecule has 0 saturated heterocycles. The fourth-order valence-corrected chi connectivity index (χ4v) is 2.26. The van der Waals surface area contributed by atoms with E-state index in [4.69, 9.17) is 0 Å². The Hall–Kier alpha value is -1.36. The first-order chi connectivity index (χ1) is 8.16. The van der Waals surface area contributed by atoms with Gasteiger partial charge in [-0.15, -0.1) is 0 Å². The molecule has 17 heavy (non-hydrogen) atoms. The van der Waals surface area contributed by atoms with E-state index in [2.05, 4.69) is 10.4 Å². The molecule has 0 aromatic carbocycles. The monoisotopic (exact) mass is 237 g/mol. The molecule has 1 aromatic rings. The average molecular weight is 237 g/mol. The fraction of sp³-hybridized carbons (Fsp3) is 0.667. The van der Waals surface area contributed by atoms with E-state index in [-0.39, 0.29) is 18.1 Å². The number of carbonyl (C=O) groups excluding carboxylic acids is 1. The van der Waals surface area contributed by atoms with Crippen molar-refractivity contribution in [1.29, 1.82) is 0 Å². The van der Waals surface area contributed by atoms with E-state index in [0.717, 1.165) is 19.3 Å². The molecular weight excluding hydrogens is 218 g/mol. The van der Waals surface area contributed by atoms with Gasteiger partial charge in [0.25, 0.3) is 0 Å². The lowest BCUT2D eigenvalue weighted by atomic mass is 10.1. The minimum Gasteiger partial charge on any atom is -0.393 e. The number of aliphatic hydroxyl groups excluding tert-OH is 1. The van der Waals surface area contributed by atoms with E-state index in [9.17, 15) is 9.90 Å². The molecule has 0 bridgehead atoms. The predicted octanol–water partition coefficient (Wildman–Crippen LogP) is 0.721. The Labute approximate surface area is 101 Å². The van der Waals surface area contributed by atoms with Crippen LogP contribution in [-0.4, -0.2) is 33.4 Å². The van der Waals surface area contributed by atoms with Gasteiger partial charge in [0.05, 0.1) is 6.10 Å². The summed E-state index contributed by atoms with van der Waals surface area (Å²) in [7, 11) is 0. The number of aromatic nitrogens is 2. The molecule has 0 radical (unpaired) electrons. The molecular formula is C12H19N3O2. The number of aliphatic hydroxyl groups is 1. The van der Waals surface area contributed by atoms with Crippen LogP contribution in [-0.2, 0) is 4.79 Å². The number of carbonyl (C=O) groups is 1. The Morgan fingerprint density at radius 3 is 3.06 bits per heavy atom. The first-order valence-corrected chi connectivity index (χ1v) is 6.11. The molecule has 0 spiro atoms. The highest BCUT2D eigenvalue weighted by molar-refractivity contribution is 5.79. The first-order valence-electron chi connectivity index (χ1n) is 6.11. The van der Waals surface area contributed by atoms with Gasteiger partial charge >= 0.3 is 0 Å². The number of nitrogens with one attached hydrogen (secondary N) is 1. The number of amides is 1. The third-order valence-corrected chi connectivity index (χ3v) is 3.38. The minimum absolute atomic E-state index is 0.0184. The Kier molecular flexibility index (Phi) is 3.78. The quantitative estimate of drug-likeness (QED) is 0.811. The molecule has 0 aliphatic heterocycles. The minimum atomic E-state index is -0.281. The summed E-state index contributed by atoms with van der Waals surface area (Å²) in [6.07, 6.45) is 5.92. The summed E-state index contributed by atoms with van der Waals surface area (Å²) in [5.41, 5.74) is 0. The van der Waals surface area contributed by atoms with E-state index >= 15 is 0 Å². The lowest BCUT2D eigenvalue weighted by molar-refractivity contribution is -0.124. The second-order valence-corrected chi connectivity index (χ2v) is 4.74. The largest absolute Gasteiger partial charge is 0.393 e. The van der Waals surface area contributed by atoms with Crippen molar-refractivity contribution in [1.82, 2.24) is 15.1 Å². The molecule has 1 fully saturated rings. The summed E-state index contributed by atoms with van der Waals surface area (Å²) in [6, 6.07) is 1.52. The van der Waals surface area contributed by atoms with Gasteiger partial charge in [0.2, 0.25) is 5.91 Å². The smallest absolute Gasteiger partial charge is 0.244 e. The van der Waals surface area contributed by atoms with E-state index in [1.165, 1.54) is 0 Å². The van der Waals surface area contributed by atoms with Crippen molar-refractivity contribution in [2.24, 2.45) is 5.92 Å². The molecule has 1 heterocycles. The maximum Gasteiger partial charge on any atom is 0.244 e. The summed E-state index contributed by atoms with van der Waals surface area (Å²) in [4.78, 5) is 11.8. The highest BCUT2D eigenvalue weighted by Crippen LogP contribution is 2.24. The van der Waals surface area contributed by atoms with Gasteiger partial charge in [-0.25, -0.2) is 0 Å². The van der Waals surface area contributed by atoms with Gasteiger partial charge in [0, 0.05) is 18.9 Å². The van der Waals surface area contributed by atoms with Gasteiger partial charge in [-0.2, -0.15) is 5.10 Å². The summed E-state index contributed by atoms with van der Waals surface area (Å²) in [5.74, 6) is 0.397. The molecule has 1 amide bonds. The van der Waals surface area contributed by atoms with Crippen molar-refractivity contribution in [3.05, 3.63) is 18.5 Å². The van der Waals surface area contributed by atoms with Gasteiger partial charge in [0.15, 0.2) is 0 Å². The molecule has 1 aromatic heterocycles. The van der Waals surface area contributed by atoms with E-state index < -0.39 is 0 Å². The molecule has 3 unspecified atom stereocenters. The van der Waals surface area contributed by atoms with Crippen LogP contribution in [0.2, 0.25) is 0 Å². The molecule has 5 nitrogen and oxygen atoms in total. The van der Waals surface area contributed by atoms with Crippen molar-refractivity contribution < 1.29 is 9.90 Å². The van der Waals surface area contributed by atoms with Crippen LogP contribution in [0.3, 0.4) is 0 Å². The van der Waals surface area contributed by atoms with Crippen LogP contribution in [0.4, 0.5) is 0 Å². The highest BCUT2D eigenvalue weighted by atomic mass is 16.3. The van der Waals surface area contributed by atoms with Gasteiger partial charge in [-0.3, -0.25) is 9.48 Å². The van der Waals surface area contributed by atoms with Crippen molar-refractivity contribution in [3.63, 3.8) is 0 Å². The molecule has 3 atom stereocenters. The zero-order valence-electron chi connectivity index (χ0n) is 10.0. The Bertz CT molecular complexity index is 364. The highest BCUT2D eigenvalue weighted by Gasteiger charge is 2.24. The second kappa shape index (κ2) is 5.31. The number of nitrogens with zero attached hydrogens (tertiary/aromatic N) is 2. The van der Waals surface area contributed by atoms with Gasteiger partial charge in [0.1, 0.15) is 6.04 Å². The molecule has 1 aliphatic rings. The van der Waals surface area contributed by atoms with Crippen LogP contribution < -0.4 is 5.32 Å². The summed E-state index contributed by atoms with van der Waals surface area (Å²) in [6.45, 7) is 2.48. The Morgan fingerprint density at radius 1 is 1.65 bits per heavy atom. The van der Waals surface area contributed by atoms with Crippen LogP contribution in [0.15, 0.2) is 18.5 Å². The molecule has 1 saturated carbocycles. The normalized spacial score (nSPS) is 25.8. The van der Waals surface area contributed by atoms with Crippen molar-refractivity contribution in [2.45, 2.75) is 38.3 Å². The first kappa shape index (κ1) is 12.1. The number of hydrogen-bond acceptors (Lipinski definition) is 3. The fourth-order valence-electron chi connectivity index (χ4n) is 2.26. The summed E-state index contributed by atoms with van der Waals surface area (Å²) >= 11 is 0. The van der Waals surface area contributed by atoms with Crippen LogP contribution in [0.5, 0.6) is 0 Å². The third kappa shape index (κ3) is 3.06. The molecule has 94 valence electrons. The molecule has 1 aliphatic carbocycles. The third-order valence-electron chi connectivity index (χ3n) is 3.38. The zero-order chi connectivity index (χ0) is 12.3. The van der Waals surface area contributed by atoms with E-state index in [0.29, 0.717) is 12.5 Å². The van der Waals surface area contributed by atoms with Gasteiger partial charge in [-0.05, 0) is 38.2 Å². The maximum absolute atomic E-state index is 11.8. The lowest BCUT2D eigenvalue weighted by Crippen LogP contribution is -2.34. The van der Waals surface area contributed by atoms with Crippen molar-refractivity contribution in [3.8, 4) is 0 Å². The summed E-state index contributed by atoms with van der Waals surface area (Å²) in [5, 5.41) is 16.4. The van der Waals surface area contributed by atoms with Gasteiger partial charge in [-0.1, -0.05) is 0 Å². The molecule has 2 rings (SSSR count).